The van der Waals surface area contributed by atoms with E-state index in [2.05, 4.69) is 9.97 Å². The van der Waals surface area contributed by atoms with Crippen molar-refractivity contribution < 1.29 is 9.90 Å². The van der Waals surface area contributed by atoms with Crippen LogP contribution in [0.4, 0.5) is 0 Å². The maximum Gasteiger partial charge on any atom is 0.323 e. The molecule has 0 bridgehead atoms. The van der Waals surface area contributed by atoms with Gasteiger partial charge in [-0.3, -0.25) is 4.79 Å². The van der Waals surface area contributed by atoms with Crippen molar-refractivity contribution in [2.45, 2.75) is 19.9 Å². The number of aromatic nitrogens is 3. The molecule has 0 fully saturated rings. The summed E-state index contributed by atoms with van der Waals surface area (Å²) in [5.74, 6) is -0.210. The van der Waals surface area contributed by atoms with Crippen LogP contribution < -0.4 is 0 Å². The third-order valence-corrected chi connectivity index (χ3v) is 2.45. The molecule has 2 rings (SSSR count). The largest absolute Gasteiger partial charge is 0.480 e. The number of aliphatic carboxylic acids is 1. The van der Waals surface area contributed by atoms with Gasteiger partial charge in [0, 0.05) is 12.6 Å². The average molecular weight is 240 g/mol. The fraction of sp³-hybridized carbons (Fsp3) is 0.300. The van der Waals surface area contributed by atoms with Gasteiger partial charge in [-0.2, -0.15) is 0 Å². The lowest BCUT2D eigenvalue weighted by Gasteiger charge is -2.02. The molecule has 2 aromatic heterocycles. The van der Waals surface area contributed by atoms with Crippen LogP contribution in [0, 0.1) is 0 Å². The second-order valence-corrected chi connectivity index (χ2v) is 3.79. The van der Waals surface area contributed by atoms with E-state index in [9.17, 15) is 4.79 Å². The van der Waals surface area contributed by atoms with E-state index in [4.69, 9.17) is 16.7 Å². The second kappa shape index (κ2) is 4.09. The van der Waals surface area contributed by atoms with Gasteiger partial charge in [0.2, 0.25) is 0 Å². The van der Waals surface area contributed by atoms with E-state index < -0.39 is 5.97 Å². The molecule has 16 heavy (non-hydrogen) atoms. The summed E-state index contributed by atoms with van der Waals surface area (Å²) < 4.78 is 1.59. The van der Waals surface area contributed by atoms with Crippen molar-refractivity contribution in [1.82, 2.24) is 14.5 Å². The Bertz CT molecular complexity index is 550. The first-order valence-electron chi connectivity index (χ1n) is 4.84. The fourth-order valence-electron chi connectivity index (χ4n) is 1.60. The topological polar surface area (TPSA) is 68.0 Å². The number of carboxylic acids is 1. The van der Waals surface area contributed by atoms with Crippen LogP contribution in [-0.4, -0.2) is 25.6 Å². The summed E-state index contributed by atoms with van der Waals surface area (Å²) in [5.41, 5.74) is 1.19. The standard InChI is InChI=1S/C10H10ClN3O2/c1-2-8-13-7-3-6(11)4-12-10(7)14(8)5-9(15)16/h3-4H,2,5H2,1H3,(H,15,16). The molecule has 2 aromatic rings. The highest BCUT2D eigenvalue weighted by Crippen LogP contribution is 2.18. The van der Waals surface area contributed by atoms with Crippen molar-refractivity contribution in [3.05, 3.63) is 23.1 Å². The number of hydrogen-bond acceptors (Lipinski definition) is 3. The molecule has 0 saturated carbocycles. The summed E-state index contributed by atoms with van der Waals surface area (Å²) in [6.07, 6.45) is 2.14. The van der Waals surface area contributed by atoms with E-state index in [0.29, 0.717) is 28.4 Å². The number of carbonyl (C=O) groups is 1. The Labute approximate surface area is 96.7 Å². The summed E-state index contributed by atoms with van der Waals surface area (Å²) >= 11 is 5.80. The Kier molecular flexibility index (Phi) is 2.78. The summed E-state index contributed by atoms with van der Waals surface area (Å²) in [5, 5.41) is 9.31. The molecular weight excluding hydrogens is 230 g/mol. The van der Waals surface area contributed by atoms with Gasteiger partial charge in [-0.05, 0) is 6.07 Å². The molecule has 0 aliphatic rings. The molecule has 0 aliphatic carbocycles. The molecule has 84 valence electrons. The number of hydrogen-bond donors (Lipinski definition) is 1. The minimum absolute atomic E-state index is 0.131. The van der Waals surface area contributed by atoms with Crippen molar-refractivity contribution in [1.29, 1.82) is 0 Å². The monoisotopic (exact) mass is 239 g/mol. The highest BCUT2D eigenvalue weighted by Gasteiger charge is 2.13. The quantitative estimate of drug-likeness (QED) is 0.886. The molecule has 0 saturated heterocycles. The summed E-state index contributed by atoms with van der Waals surface area (Å²) in [6.45, 7) is 1.79. The second-order valence-electron chi connectivity index (χ2n) is 3.36. The van der Waals surface area contributed by atoms with Crippen LogP contribution in [0.5, 0.6) is 0 Å². The zero-order valence-electron chi connectivity index (χ0n) is 8.64. The van der Waals surface area contributed by atoms with Gasteiger partial charge in [0.15, 0.2) is 5.65 Å². The molecular formula is C10H10ClN3O2. The van der Waals surface area contributed by atoms with Gasteiger partial charge in [-0.25, -0.2) is 9.97 Å². The Morgan fingerprint density at radius 1 is 1.62 bits per heavy atom. The first-order chi connectivity index (χ1) is 7.61. The SMILES string of the molecule is CCc1nc2cc(Cl)cnc2n1CC(=O)O. The summed E-state index contributed by atoms with van der Waals surface area (Å²) in [4.78, 5) is 19.1. The molecule has 5 nitrogen and oxygen atoms in total. The average Bonchev–Trinajstić information content (AvgIpc) is 2.55. The number of pyridine rings is 1. The zero-order valence-corrected chi connectivity index (χ0v) is 9.40. The number of rotatable bonds is 3. The number of carboxylic acid groups (broad SMARTS) is 1. The van der Waals surface area contributed by atoms with E-state index in [1.54, 1.807) is 10.6 Å². The smallest absolute Gasteiger partial charge is 0.323 e. The number of fused-ring (bicyclic) bond motifs is 1. The van der Waals surface area contributed by atoms with Crippen LogP contribution in [0.25, 0.3) is 11.2 Å². The van der Waals surface area contributed by atoms with Crippen molar-refractivity contribution in [2.75, 3.05) is 0 Å². The Morgan fingerprint density at radius 2 is 2.38 bits per heavy atom. The predicted molar refractivity (Wildman–Crippen MR) is 59.6 cm³/mol. The summed E-state index contributed by atoms with van der Waals surface area (Å²) in [6, 6.07) is 1.68. The molecule has 0 atom stereocenters. The third kappa shape index (κ3) is 1.86. The minimum atomic E-state index is -0.911. The molecule has 0 unspecified atom stereocenters. The van der Waals surface area contributed by atoms with Crippen LogP contribution in [0.3, 0.4) is 0 Å². The molecule has 2 heterocycles. The summed E-state index contributed by atoms with van der Waals surface area (Å²) in [7, 11) is 0. The van der Waals surface area contributed by atoms with E-state index in [-0.39, 0.29) is 6.54 Å². The first kappa shape index (κ1) is 10.9. The van der Waals surface area contributed by atoms with E-state index in [0.717, 1.165) is 0 Å². The van der Waals surface area contributed by atoms with E-state index >= 15 is 0 Å². The number of nitrogens with zero attached hydrogens (tertiary/aromatic N) is 3. The number of aryl methyl sites for hydroxylation is 1. The van der Waals surface area contributed by atoms with Crippen LogP contribution >= 0.6 is 11.6 Å². The van der Waals surface area contributed by atoms with Crippen molar-refractivity contribution in [3.8, 4) is 0 Å². The molecule has 0 amide bonds. The minimum Gasteiger partial charge on any atom is -0.480 e. The van der Waals surface area contributed by atoms with Crippen LogP contribution in [-0.2, 0) is 17.8 Å². The molecule has 0 aliphatic heterocycles. The van der Waals surface area contributed by atoms with Crippen molar-refractivity contribution >= 4 is 28.7 Å². The Morgan fingerprint density at radius 3 is 3.00 bits per heavy atom. The molecule has 0 spiro atoms. The van der Waals surface area contributed by atoms with Gasteiger partial charge in [-0.15, -0.1) is 0 Å². The molecule has 0 aromatic carbocycles. The maximum absolute atomic E-state index is 10.7. The van der Waals surface area contributed by atoms with Gasteiger partial charge in [0.05, 0.1) is 5.02 Å². The highest BCUT2D eigenvalue weighted by molar-refractivity contribution is 6.31. The first-order valence-corrected chi connectivity index (χ1v) is 5.22. The van der Waals surface area contributed by atoms with Gasteiger partial charge >= 0.3 is 5.97 Å². The van der Waals surface area contributed by atoms with Gasteiger partial charge in [0.1, 0.15) is 17.9 Å². The van der Waals surface area contributed by atoms with Crippen LogP contribution in [0.2, 0.25) is 5.02 Å². The molecule has 1 N–H and O–H groups in total. The van der Waals surface area contributed by atoms with Gasteiger partial charge < -0.3 is 9.67 Å². The number of imidazole rings is 1. The van der Waals surface area contributed by atoms with E-state index in [1.807, 2.05) is 6.92 Å². The lowest BCUT2D eigenvalue weighted by molar-refractivity contribution is -0.137. The number of halogens is 1. The zero-order chi connectivity index (χ0) is 11.7. The normalized spacial score (nSPS) is 10.9. The Hall–Kier alpha value is -1.62. The van der Waals surface area contributed by atoms with E-state index in [1.165, 1.54) is 6.20 Å². The van der Waals surface area contributed by atoms with Crippen LogP contribution in [0.15, 0.2) is 12.3 Å². The van der Waals surface area contributed by atoms with Crippen LogP contribution in [0.1, 0.15) is 12.7 Å². The lowest BCUT2D eigenvalue weighted by atomic mass is 10.4. The molecule has 0 radical (unpaired) electrons. The Balaban J connectivity index is 2.63. The van der Waals surface area contributed by atoms with Gasteiger partial charge in [0.25, 0.3) is 0 Å². The molecule has 6 heteroatoms. The lowest BCUT2D eigenvalue weighted by Crippen LogP contribution is -2.11. The third-order valence-electron chi connectivity index (χ3n) is 2.24. The highest BCUT2D eigenvalue weighted by atomic mass is 35.5. The van der Waals surface area contributed by atoms with Crippen molar-refractivity contribution in [3.63, 3.8) is 0 Å². The predicted octanol–water partition coefficient (Wildman–Crippen LogP) is 1.73. The fourth-order valence-corrected chi connectivity index (χ4v) is 1.76. The van der Waals surface area contributed by atoms with Gasteiger partial charge in [-0.1, -0.05) is 18.5 Å². The van der Waals surface area contributed by atoms with Crippen molar-refractivity contribution in [2.24, 2.45) is 0 Å². The maximum atomic E-state index is 10.7.